The molecule has 1 atom stereocenters. The molecule has 0 saturated heterocycles. The Bertz CT molecular complexity index is 1170. The van der Waals surface area contributed by atoms with E-state index >= 15 is 0 Å². The topological polar surface area (TPSA) is 47.9 Å². The van der Waals surface area contributed by atoms with E-state index in [1.165, 1.54) is 6.92 Å². The van der Waals surface area contributed by atoms with Crippen LogP contribution in [0.4, 0.5) is 0 Å². The first kappa shape index (κ1) is 8.00. The molecule has 0 amide bonds. The van der Waals surface area contributed by atoms with E-state index in [0.717, 1.165) is 7.11 Å². The lowest BCUT2D eigenvalue weighted by Gasteiger charge is -2.13. The third-order valence-electron chi connectivity index (χ3n) is 3.11. The predicted octanol–water partition coefficient (Wildman–Crippen LogP) is 4.16. The molecule has 0 spiro atoms. The Morgan fingerprint density at radius 1 is 1.20 bits per heavy atom. The lowest BCUT2D eigenvalue weighted by molar-refractivity contribution is 0.0976. The van der Waals surface area contributed by atoms with Crippen molar-refractivity contribution in [2.45, 2.75) is 38.6 Å². The second kappa shape index (κ2) is 9.94. The molecule has 1 unspecified atom stereocenters. The molecule has 0 fully saturated rings. The number of aliphatic hydroxyl groups is 1. The summed E-state index contributed by atoms with van der Waals surface area (Å²) in [5.41, 5.74) is -0.519. The quantitative estimate of drug-likeness (QED) is 0.693. The second-order valence-electron chi connectivity index (χ2n) is 5.05. The zero-order chi connectivity index (χ0) is 29.4. The van der Waals surface area contributed by atoms with Gasteiger partial charge in [0.15, 0.2) is 11.5 Å². The summed E-state index contributed by atoms with van der Waals surface area (Å²) in [5.74, 6) is -1.58. The van der Waals surface area contributed by atoms with Gasteiger partial charge in [-0.15, -0.1) is 0 Å². The molecular formula is C21H28O4. The summed E-state index contributed by atoms with van der Waals surface area (Å²) in [6, 6.07) is -3.79. The maximum atomic E-state index is 10.4. The lowest BCUT2D eigenvalue weighted by atomic mass is 10.0. The van der Waals surface area contributed by atoms with E-state index in [0.29, 0.717) is 0 Å². The second-order valence-corrected chi connectivity index (χ2v) is 5.05. The van der Waals surface area contributed by atoms with Gasteiger partial charge < -0.3 is 19.3 Å². The summed E-state index contributed by atoms with van der Waals surface area (Å²) < 4.78 is 118. The fourth-order valence-corrected chi connectivity index (χ4v) is 1.90. The summed E-state index contributed by atoms with van der Waals surface area (Å²) in [6.07, 6.45) is -5.78. The van der Waals surface area contributed by atoms with Gasteiger partial charge in [0.05, 0.1) is 35.3 Å². The molecule has 4 nitrogen and oxygen atoms in total. The van der Waals surface area contributed by atoms with Crippen molar-refractivity contribution < 1.29 is 37.1 Å². The highest BCUT2D eigenvalue weighted by Crippen LogP contribution is 2.28. The van der Waals surface area contributed by atoms with E-state index in [9.17, 15) is 5.11 Å². The van der Waals surface area contributed by atoms with Crippen molar-refractivity contribution in [1.29, 1.82) is 0 Å². The summed E-state index contributed by atoms with van der Waals surface area (Å²) >= 11 is 0. The minimum Gasteiger partial charge on any atom is -0.493 e. The molecule has 2 aromatic carbocycles. The van der Waals surface area contributed by atoms with Gasteiger partial charge in [0.25, 0.3) is 0 Å². The number of ether oxygens (including phenoxy) is 3. The van der Waals surface area contributed by atoms with Crippen LogP contribution in [0.2, 0.25) is 0 Å². The normalized spacial score (nSPS) is 21.6. The largest absolute Gasteiger partial charge is 0.493 e. The number of hydrogen-bond donors (Lipinski definition) is 1. The standard InChI is InChI=1S/C21H28O4/c1-16-7-6-10-19(13-16)25-15-18(22)9-5-4-8-17-11-12-20(23-2)21(14-17)24-3/h6-7,10-14,18,22H,4-5,8-9,15H2,1-3H3/i3D3,6D,7D,8D2,10D,11D,12D,13D,14D,18D. The molecule has 4 heteroatoms. The van der Waals surface area contributed by atoms with Crippen molar-refractivity contribution in [2.24, 2.45) is 0 Å². The highest BCUT2D eigenvalue weighted by Gasteiger charge is 2.07. The summed E-state index contributed by atoms with van der Waals surface area (Å²) in [7, 11) is -1.95. The van der Waals surface area contributed by atoms with Gasteiger partial charge in [-0.25, -0.2) is 0 Å². The Morgan fingerprint density at radius 3 is 2.88 bits per heavy atom. The average molecular weight is 358 g/mol. The molecule has 136 valence electrons. The van der Waals surface area contributed by atoms with Gasteiger partial charge in [0, 0.05) is 2.74 Å². The Balaban J connectivity index is 2.23. The van der Waals surface area contributed by atoms with Gasteiger partial charge in [-0.3, -0.25) is 0 Å². The van der Waals surface area contributed by atoms with Crippen LogP contribution in [0.5, 0.6) is 17.2 Å². The molecule has 0 aliphatic heterocycles. The van der Waals surface area contributed by atoms with Crippen LogP contribution in [-0.2, 0) is 6.37 Å². The first-order valence-electron chi connectivity index (χ1n) is 14.0. The maximum absolute atomic E-state index is 10.4. The molecule has 0 aliphatic rings. The van der Waals surface area contributed by atoms with Gasteiger partial charge in [-0.2, -0.15) is 0 Å². The molecule has 0 bridgehead atoms. The van der Waals surface area contributed by atoms with Crippen LogP contribution in [0, 0.1) is 6.92 Å². The predicted molar refractivity (Wildman–Crippen MR) is 99.8 cm³/mol. The van der Waals surface area contributed by atoms with Gasteiger partial charge in [-0.1, -0.05) is 24.5 Å². The number of methoxy groups -OCH3 is 2. The van der Waals surface area contributed by atoms with E-state index in [2.05, 4.69) is 0 Å². The third kappa shape index (κ3) is 6.31. The molecule has 25 heavy (non-hydrogen) atoms. The SMILES string of the molecule is [2H]c1c([2H])c(C)c([2H])c(OCC([2H])(O)CCCC([2H])([2H])c2c([2H])c([2H])c(OC)c(OC([2H])([2H])[2H])c2[2H])c1[2H]. The first-order chi connectivity index (χ1) is 17.3. The fraction of sp³-hybridized carbons (Fsp3) is 0.429. The van der Waals surface area contributed by atoms with Crippen LogP contribution < -0.4 is 14.2 Å². The maximum Gasteiger partial charge on any atom is 0.160 e. The summed E-state index contributed by atoms with van der Waals surface area (Å²) in [6.45, 7) is 0.675. The van der Waals surface area contributed by atoms with Crippen LogP contribution in [-0.4, -0.2) is 31.9 Å². The van der Waals surface area contributed by atoms with E-state index < -0.39 is 79.8 Å². The van der Waals surface area contributed by atoms with Crippen molar-refractivity contribution in [3.63, 3.8) is 0 Å². The Kier molecular flexibility index (Phi) is 3.18. The highest BCUT2D eigenvalue weighted by molar-refractivity contribution is 5.42. The van der Waals surface area contributed by atoms with Crippen LogP contribution >= 0.6 is 0 Å². The zero-order valence-electron chi connectivity index (χ0n) is 27.0. The van der Waals surface area contributed by atoms with Crippen molar-refractivity contribution >= 4 is 0 Å². The molecule has 0 saturated carbocycles. The highest BCUT2D eigenvalue weighted by atomic mass is 16.5. The van der Waals surface area contributed by atoms with Crippen molar-refractivity contribution in [3.05, 3.63) is 53.4 Å². The molecule has 0 heterocycles. The van der Waals surface area contributed by atoms with Crippen LogP contribution in [0.3, 0.4) is 0 Å². The van der Waals surface area contributed by atoms with Crippen LogP contribution in [0.25, 0.3) is 0 Å². The first-order valence-corrected chi connectivity index (χ1v) is 7.55. The summed E-state index contributed by atoms with van der Waals surface area (Å²) in [4.78, 5) is 0. The third-order valence-corrected chi connectivity index (χ3v) is 3.11. The molecular weight excluding hydrogens is 316 g/mol. The fourth-order valence-electron chi connectivity index (χ4n) is 1.90. The Hall–Kier alpha value is -2.20. The Labute approximate surface area is 168 Å². The Morgan fingerprint density at radius 2 is 2.08 bits per heavy atom. The minimum atomic E-state index is -3.04. The van der Waals surface area contributed by atoms with Gasteiger partial charge in [0.1, 0.15) is 12.4 Å². The van der Waals surface area contributed by atoms with Gasteiger partial charge in [-0.05, 0) is 61.4 Å². The minimum absolute atomic E-state index is 0.0928. The molecule has 0 radical (unpaired) electrons. The van der Waals surface area contributed by atoms with E-state index in [1.807, 2.05) is 0 Å². The van der Waals surface area contributed by atoms with Gasteiger partial charge in [0.2, 0.25) is 0 Å². The van der Waals surface area contributed by atoms with Crippen molar-refractivity contribution in [3.8, 4) is 17.2 Å². The number of rotatable bonds is 10. The van der Waals surface area contributed by atoms with Crippen LogP contribution in [0.15, 0.2) is 42.3 Å². The van der Waals surface area contributed by atoms with E-state index in [1.54, 1.807) is 0 Å². The molecule has 1 N–H and O–H groups in total. The van der Waals surface area contributed by atoms with Crippen molar-refractivity contribution in [1.82, 2.24) is 0 Å². The molecule has 2 rings (SSSR count). The molecule has 2 aromatic rings. The van der Waals surface area contributed by atoms with E-state index in [-0.39, 0.29) is 36.2 Å². The lowest BCUT2D eigenvalue weighted by Crippen LogP contribution is -2.17. The van der Waals surface area contributed by atoms with Crippen LogP contribution in [0.1, 0.15) is 48.2 Å². The molecule has 0 aromatic heterocycles. The van der Waals surface area contributed by atoms with Gasteiger partial charge >= 0.3 is 0 Å². The average Bonchev–Trinajstić information content (AvgIpc) is 2.79. The van der Waals surface area contributed by atoms with Crippen molar-refractivity contribution in [2.75, 3.05) is 20.8 Å². The smallest absolute Gasteiger partial charge is 0.160 e. The van der Waals surface area contributed by atoms with E-state index in [4.69, 9.17) is 32.0 Å². The number of hydrogen-bond acceptors (Lipinski definition) is 4. The number of benzene rings is 2. The summed E-state index contributed by atoms with van der Waals surface area (Å²) in [5, 5.41) is 10.4. The zero-order valence-corrected chi connectivity index (χ0v) is 14.0. The monoisotopic (exact) mass is 357 g/mol. The molecule has 0 aliphatic carbocycles.